The molecule has 0 saturated heterocycles. The van der Waals surface area contributed by atoms with E-state index in [4.69, 9.17) is 11.6 Å². The first kappa shape index (κ1) is 13.4. The fourth-order valence-corrected chi connectivity index (χ4v) is 1.51. The van der Waals surface area contributed by atoms with Gasteiger partial charge in [-0.2, -0.15) is 18.3 Å². The van der Waals surface area contributed by atoms with E-state index in [0.717, 1.165) is 18.2 Å². The zero-order chi connectivity index (χ0) is 14.0. The second kappa shape index (κ2) is 4.93. The minimum atomic E-state index is -4.46. The maximum absolute atomic E-state index is 12.6. The summed E-state index contributed by atoms with van der Waals surface area (Å²) in [6.07, 6.45) is -4.46. The van der Waals surface area contributed by atoms with Gasteiger partial charge in [-0.1, -0.05) is 11.6 Å². The summed E-state index contributed by atoms with van der Waals surface area (Å²) in [5, 5.41) is 8.48. The summed E-state index contributed by atoms with van der Waals surface area (Å²) in [6.45, 7) is 0. The van der Waals surface area contributed by atoms with Crippen LogP contribution < -0.4 is 10.9 Å². The maximum Gasteiger partial charge on any atom is 0.416 e. The molecule has 2 rings (SSSR count). The second-order valence-electron chi connectivity index (χ2n) is 3.62. The summed E-state index contributed by atoms with van der Waals surface area (Å²) < 4.78 is 37.7. The molecule has 1 heterocycles. The Kier molecular flexibility index (Phi) is 3.48. The van der Waals surface area contributed by atoms with E-state index in [2.05, 4.69) is 15.5 Å². The standard InChI is InChI=1S/C11H7ClF3N3O/c12-7-2-1-6(11(13,14)15)5-8(7)16-9-3-4-10(19)18-17-9/h1-5H,(H,16,17)(H,18,19). The number of halogens is 4. The molecule has 1 aromatic carbocycles. The molecule has 0 unspecified atom stereocenters. The Morgan fingerprint density at radius 3 is 2.53 bits per heavy atom. The lowest BCUT2D eigenvalue weighted by molar-refractivity contribution is -0.137. The van der Waals surface area contributed by atoms with Crippen molar-refractivity contribution in [1.82, 2.24) is 10.2 Å². The normalized spacial score (nSPS) is 11.4. The van der Waals surface area contributed by atoms with Crippen molar-refractivity contribution >= 4 is 23.1 Å². The predicted octanol–water partition coefficient (Wildman–Crippen LogP) is 3.19. The van der Waals surface area contributed by atoms with E-state index in [-0.39, 0.29) is 16.5 Å². The minimum Gasteiger partial charge on any atom is -0.338 e. The van der Waals surface area contributed by atoms with Gasteiger partial charge in [-0.15, -0.1) is 0 Å². The van der Waals surface area contributed by atoms with Crippen molar-refractivity contribution in [3.05, 3.63) is 51.3 Å². The van der Waals surface area contributed by atoms with Crippen molar-refractivity contribution < 1.29 is 13.2 Å². The average molecular weight is 290 g/mol. The summed E-state index contributed by atoms with van der Waals surface area (Å²) in [5.74, 6) is 0.181. The van der Waals surface area contributed by atoms with E-state index in [9.17, 15) is 18.0 Å². The van der Waals surface area contributed by atoms with Gasteiger partial charge in [0.25, 0.3) is 5.56 Å². The molecular weight excluding hydrogens is 283 g/mol. The Morgan fingerprint density at radius 2 is 1.95 bits per heavy atom. The molecule has 0 saturated carbocycles. The number of benzene rings is 1. The second-order valence-corrected chi connectivity index (χ2v) is 4.03. The van der Waals surface area contributed by atoms with Gasteiger partial charge >= 0.3 is 6.18 Å². The van der Waals surface area contributed by atoms with Crippen molar-refractivity contribution in [2.75, 3.05) is 5.32 Å². The number of rotatable bonds is 2. The monoisotopic (exact) mass is 289 g/mol. The first-order chi connectivity index (χ1) is 8.86. The topological polar surface area (TPSA) is 57.8 Å². The lowest BCUT2D eigenvalue weighted by Gasteiger charge is -2.11. The Balaban J connectivity index is 2.34. The van der Waals surface area contributed by atoms with Gasteiger partial charge < -0.3 is 5.32 Å². The molecule has 0 atom stereocenters. The highest BCUT2D eigenvalue weighted by Gasteiger charge is 2.30. The molecule has 0 aliphatic carbocycles. The van der Waals surface area contributed by atoms with E-state index in [1.165, 1.54) is 12.1 Å². The van der Waals surface area contributed by atoms with Crippen LogP contribution in [0, 0.1) is 0 Å². The van der Waals surface area contributed by atoms with Gasteiger partial charge in [0.15, 0.2) is 5.82 Å². The fraction of sp³-hybridized carbons (Fsp3) is 0.0909. The predicted molar refractivity (Wildman–Crippen MR) is 64.6 cm³/mol. The van der Waals surface area contributed by atoms with Crippen LogP contribution in [0.5, 0.6) is 0 Å². The summed E-state index contributed by atoms with van der Waals surface area (Å²) in [7, 11) is 0. The molecule has 0 bridgehead atoms. The zero-order valence-corrected chi connectivity index (χ0v) is 10.0. The number of nitrogens with one attached hydrogen (secondary N) is 2. The van der Waals surface area contributed by atoms with Crippen LogP contribution in [0.15, 0.2) is 35.1 Å². The number of nitrogens with zero attached hydrogens (tertiary/aromatic N) is 1. The molecule has 0 amide bonds. The molecule has 100 valence electrons. The quantitative estimate of drug-likeness (QED) is 0.892. The van der Waals surface area contributed by atoms with Gasteiger partial charge in [0.05, 0.1) is 16.3 Å². The number of aromatic nitrogens is 2. The van der Waals surface area contributed by atoms with Gasteiger partial charge in [0.2, 0.25) is 0 Å². The highest BCUT2D eigenvalue weighted by molar-refractivity contribution is 6.33. The first-order valence-electron chi connectivity index (χ1n) is 5.06. The lowest BCUT2D eigenvalue weighted by atomic mass is 10.2. The minimum absolute atomic E-state index is 0.0519. The molecule has 8 heteroatoms. The molecule has 0 aliphatic heterocycles. The zero-order valence-electron chi connectivity index (χ0n) is 9.25. The summed E-state index contributed by atoms with van der Waals surface area (Å²) >= 11 is 5.80. The third-order valence-electron chi connectivity index (χ3n) is 2.24. The van der Waals surface area contributed by atoms with Crippen LogP contribution in [0.25, 0.3) is 0 Å². The van der Waals surface area contributed by atoms with Gasteiger partial charge in [0, 0.05) is 6.07 Å². The highest BCUT2D eigenvalue weighted by Crippen LogP contribution is 2.34. The average Bonchev–Trinajstić information content (AvgIpc) is 2.33. The molecule has 1 aromatic heterocycles. The fourth-order valence-electron chi connectivity index (χ4n) is 1.35. The van der Waals surface area contributed by atoms with Crippen LogP contribution in [0.1, 0.15) is 5.56 Å². The van der Waals surface area contributed by atoms with Crippen molar-refractivity contribution in [3.63, 3.8) is 0 Å². The van der Waals surface area contributed by atoms with Crippen LogP contribution >= 0.6 is 11.6 Å². The first-order valence-corrected chi connectivity index (χ1v) is 5.43. The molecule has 0 aliphatic rings. The summed E-state index contributed by atoms with van der Waals surface area (Å²) in [4.78, 5) is 10.8. The Hall–Kier alpha value is -2.02. The van der Waals surface area contributed by atoms with Gasteiger partial charge in [-0.3, -0.25) is 4.79 Å². The number of alkyl halides is 3. The number of H-pyrrole nitrogens is 1. The molecular formula is C11H7ClF3N3O. The van der Waals surface area contributed by atoms with Crippen LogP contribution in [-0.2, 0) is 6.18 Å². The molecule has 2 N–H and O–H groups in total. The SMILES string of the molecule is O=c1ccc(Nc2cc(C(F)(F)F)ccc2Cl)n[nH]1. The Labute approximate surface area is 110 Å². The van der Waals surface area contributed by atoms with Gasteiger partial charge in [0.1, 0.15) is 0 Å². The molecule has 0 fully saturated rings. The van der Waals surface area contributed by atoms with Crippen molar-refractivity contribution in [1.29, 1.82) is 0 Å². The number of aromatic amines is 1. The van der Waals surface area contributed by atoms with Crippen LogP contribution in [-0.4, -0.2) is 10.2 Å². The number of hydrogen-bond acceptors (Lipinski definition) is 3. The third-order valence-corrected chi connectivity index (χ3v) is 2.57. The van der Waals surface area contributed by atoms with E-state index in [1.54, 1.807) is 0 Å². The van der Waals surface area contributed by atoms with Crippen molar-refractivity contribution in [3.8, 4) is 0 Å². The smallest absolute Gasteiger partial charge is 0.338 e. The summed E-state index contributed by atoms with van der Waals surface area (Å²) in [5.41, 5.74) is -1.19. The van der Waals surface area contributed by atoms with Gasteiger partial charge in [-0.25, -0.2) is 5.10 Å². The number of hydrogen-bond donors (Lipinski definition) is 2. The molecule has 4 nitrogen and oxygen atoms in total. The molecule has 0 radical (unpaired) electrons. The Bertz CT molecular complexity index is 634. The van der Waals surface area contributed by atoms with E-state index < -0.39 is 17.3 Å². The lowest BCUT2D eigenvalue weighted by Crippen LogP contribution is -2.08. The molecule has 2 aromatic rings. The van der Waals surface area contributed by atoms with Crippen LogP contribution in [0.3, 0.4) is 0 Å². The van der Waals surface area contributed by atoms with Crippen molar-refractivity contribution in [2.24, 2.45) is 0 Å². The third kappa shape index (κ3) is 3.25. The largest absolute Gasteiger partial charge is 0.416 e. The molecule has 19 heavy (non-hydrogen) atoms. The number of anilines is 2. The van der Waals surface area contributed by atoms with Crippen molar-refractivity contribution in [2.45, 2.75) is 6.18 Å². The van der Waals surface area contributed by atoms with Crippen LogP contribution in [0.4, 0.5) is 24.7 Å². The van der Waals surface area contributed by atoms with Crippen LogP contribution in [0.2, 0.25) is 5.02 Å². The van der Waals surface area contributed by atoms with E-state index in [1.807, 2.05) is 0 Å². The summed E-state index contributed by atoms with van der Waals surface area (Å²) in [6, 6.07) is 5.41. The van der Waals surface area contributed by atoms with E-state index >= 15 is 0 Å². The van der Waals surface area contributed by atoms with E-state index in [0.29, 0.717) is 0 Å². The molecule has 0 spiro atoms. The highest BCUT2D eigenvalue weighted by atomic mass is 35.5. The van der Waals surface area contributed by atoms with Gasteiger partial charge in [-0.05, 0) is 24.3 Å². The maximum atomic E-state index is 12.6. The Morgan fingerprint density at radius 1 is 1.21 bits per heavy atom.